The highest BCUT2D eigenvalue weighted by atomic mass is 16.6. The highest BCUT2D eigenvalue weighted by Gasteiger charge is 2.32. The maximum absolute atomic E-state index is 12.3. The number of esters is 1. The molecule has 0 N–H and O–H groups in total. The summed E-state index contributed by atoms with van der Waals surface area (Å²) in [7, 11) is 0. The van der Waals surface area contributed by atoms with Gasteiger partial charge in [-0.25, -0.2) is 9.97 Å². The fraction of sp³-hybridized carbons (Fsp3) is 0.423. The third-order valence-electron chi connectivity index (χ3n) is 6.52. The van der Waals surface area contributed by atoms with Crippen molar-refractivity contribution in [2.24, 2.45) is 0 Å². The van der Waals surface area contributed by atoms with Crippen molar-refractivity contribution >= 4 is 29.0 Å². The minimum Gasteiger partial charge on any atom is -0.467 e. The molecule has 3 heterocycles. The molecule has 1 aliphatic rings. The molecule has 0 saturated carbocycles. The highest BCUT2D eigenvalue weighted by Crippen LogP contribution is 2.36. The van der Waals surface area contributed by atoms with Crippen LogP contribution < -0.4 is 14.7 Å². The van der Waals surface area contributed by atoms with E-state index in [1.54, 1.807) is 24.0 Å². The van der Waals surface area contributed by atoms with Crippen molar-refractivity contribution in [2.45, 2.75) is 33.7 Å². The molecule has 4 rings (SSSR count). The second-order valence-corrected chi connectivity index (χ2v) is 8.93. The molecule has 1 saturated heterocycles. The van der Waals surface area contributed by atoms with Gasteiger partial charge in [0.2, 0.25) is 11.6 Å². The molecule has 0 atom stereocenters. The smallest absolute Gasteiger partial charge is 0.353 e. The fourth-order valence-corrected chi connectivity index (χ4v) is 4.40. The van der Waals surface area contributed by atoms with Crippen molar-refractivity contribution in [1.29, 1.82) is 0 Å². The number of carbonyl (C=O) groups excluding carboxylic acids is 1. The lowest BCUT2D eigenvalue weighted by molar-refractivity contribution is -0.383. The molecule has 3 aromatic rings. The van der Waals surface area contributed by atoms with Crippen molar-refractivity contribution in [3.05, 3.63) is 69.9 Å². The highest BCUT2D eigenvalue weighted by molar-refractivity contribution is 5.73. The summed E-state index contributed by atoms with van der Waals surface area (Å²) in [5.41, 5.74) is 3.44. The van der Waals surface area contributed by atoms with Crippen LogP contribution >= 0.6 is 0 Å². The van der Waals surface area contributed by atoms with Crippen LogP contribution in [0.3, 0.4) is 0 Å². The predicted molar refractivity (Wildman–Crippen MR) is 140 cm³/mol. The van der Waals surface area contributed by atoms with E-state index in [1.807, 2.05) is 4.90 Å². The van der Waals surface area contributed by atoms with Crippen molar-refractivity contribution in [3.63, 3.8) is 0 Å². The van der Waals surface area contributed by atoms with Gasteiger partial charge in [-0.3, -0.25) is 14.9 Å². The number of ether oxygens (including phenoxy) is 1. The number of hydrogen-bond donors (Lipinski definition) is 0. The topological polar surface area (TPSA) is 118 Å². The van der Waals surface area contributed by atoms with E-state index >= 15 is 0 Å². The number of hydrogen-bond acceptors (Lipinski definition) is 10. The summed E-state index contributed by atoms with van der Waals surface area (Å²) in [5.74, 6) is 0.634. The molecule has 1 aromatic carbocycles. The van der Waals surface area contributed by atoms with Crippen LogP contribution in [-0.4, -0.2) is 60.2 Å². The number of piperazine rings is 1. The second kappa shape index (κ2) is 11.7. The number of nitro groups is 1. The average Bonchev–Trinajstić information content (AvgIpc) is 3.41. The number of aromatic nitrogens is 2. The minimum absolute atomic E-state index is 0.0552. The fourth-order valence-electron chi connectivity index (χ4n) is 4.40. The first-order valence-electron chi connectivity index (χ1n) is 12.4. The quantitative estimate of drug-likeness (QED) is 0.227. The van der Waals surface area contributed by atoms with Crippen LogP contribution in [0.2, 0.25) is 0 Å². The van der Waals surface area contributed by atoms with Crippen LogP contribution in [-0.2, 0) is 16.1 Å². The van der Waals surface area contributed by atoms with Gasteiger partial charge in [0.15, 0.2) is 0 Å². The number of rotatable bonds is 10. The average molecular weight is 509 g/mol. The Morgan fingerprint density at radius 3 is 2.54 bits per heavy atom. The van der Waals surface area contributed by atoms with Gasteiger partial charge in [0, 0.05) is 38.4 Å². The summed E-state index contributed by atoms with van der Waals surface area (Å²) in [4.78, 5) is 38.4. The van der Waals surface area contributed by atoms with E-state index in [-0.39, 0.29) is 49.4 Å². The standard InChI is InChI=1S/C26H32N6O5/c1-4-36-23(33)9-10-31(17-22-6-5-15-37-22)26-24(32(34)35)25(27-18-28-26)30-13-11-29(12-14-30)21-8-7-19(2)20(3)16-21/h5-8,15-16,18H,4,9-14,17H2,1-3H3. The number of anilines is 3. The second-order valence-electron chi connectivity index (χ2n) is 8.93. The summed E-state index contributed by atoms with van der Waals surface area (Å²) in [6, 6.07) is 9.92. The molecule has 0 radical (unpaired) electrons. The molecule has 0 bridgehead atoms. The van der Waals surface area contributed by atoms with Gasteiger partial charge >= 0.3 is 11.7 Å². The van der Waals surface area contributed by atoms with Crippen molar-refractivity contribution < 1.29 is 18.9 Å². The van der Waals surface area contributed by atoms with E-state index < -0.39 is 4.92 Å². The van der Waals surface area contributed by atoms with Crippen molar-refractivity contribution in [3.8, 4) is 0 Å². The van der Waals surface area contributed by atoms with Gasteiger partial charge < -0.3 is 23.9 Å². The van der Waals surface area contributed by atoms with E-state index in [9.17, 15) is 14.9 Å². The Balaban J connectivity index is 1.58. The summed E-state index contributed by atoms with van der Waals surface area (Å²) in [6.07, 6.45) is 2.93. The molecule has 0 spiro atoms. The molecule has 1 fully saturated rings. The normalized spacial score (nSPS) is 13.5. The molecule has 11 nitrogen and oxygen atoms in total. The van der Waals surface area contributed by atoms with E-state index in [1.165, 1.54) is 23.7 Å². The summed E-state index contributed by atoms with van der Waals surface area (Å²) < 4.78 is 10.5. The van der Waals surface area contributed by atoms with Crippen molar-refractivity contribution in [1.82, 2.24) is 9.97 Å². The van der Waals surface area contributed by atoms with Crippen LogP contribution in [0.4, 0.5) is 23.0 Å². The van der Waals surface area contributed by atoms with E-state index in [0.29, 0.717) is 31.9 Å². The number of aryl methyl sites for hydroxylation is 2. The molecule has 0 unspecified atom stereocenters. The molecule has 0 amide bonds. The zero-order valence-corrected chi connectivity index (χ0v) is 21.4. The summed E-state index contributed by atoms with van der Waals surface area (Å²) >= 11 is 0. The van der Waals surface area contributed by atoms with Crippen LogP contribution in [0.25, 0.3) is 0 Å². The lowest BCUT2D eigenvalue weighted by Crippen LogP contribution is -2.47. The van der Waals surface area contributed by atoms with Gasteiger partial charge in [-0.15, -0.1) is 0 Å². The van der Waals surface area contributed by atoms with Gasteiger partial charge in [-0.1, -0.05) is 6.07 Å². The van der Waals surface area contributed by atoms with Crippen LogP contribution in [0, 0.1) is 24.0 Å². The van der Waals surface area contributed by atoms with Crippen LogP contribution in [0.15, 0.2) is 47.3 Å². The third kappa shape index (κ3) is 6.16. The van der Waals surface area contributed by atoms with Gasteiger partial charge in [-0.2, -0.15) is 0 Å². The van der Waals surface area contributed by atoms with Crippen LogP contribution in [0.1, 0.15) is 30.2 Å². The van der Waals surface area contributed by atoms with Crippen LogP contribution in [0.5, 0.6) is 0 Å². The van der Waals surface area contributed by atoms with Gasteiger partial charge in [0.25, 0.3) is 0 Å². The summed E-state index contributed by atoms with van der Waals surface area (Å²) in [5, 5.41) is 12.3. The number of furan rings is 1. The Morgan fingerprint density at radius 2 is 1.89 bits per heavy atom. The first-order valence-corrected chi connectivity index (χ1v) is 12.4. The van der Waals surface area contributed by atoms with E-state index in [2.05, 4.69) is 46.9 Å². The van der Waals surface area contributed by atoms with Gasteiger partial charge in [-0.05, 0) is 56.2 Å². The minimum atomic E-state index is -0.445. The predicted octanol–water partition coefficient (Wildman–Crippen LogP) is 3.88. The zero-order valence-electron chi connectivity index (χ0n) is 21.4. The Hall–Kier alpha value is -4.15. The molecule has 2 aromatic heterocycles. The Bertz CT molecular complexity index is 1220. The molecular formula is C26H32N6O5. The Labute approximate surface area is 215 Å². The largest absolute Gasteiger partial charge is 0.467 e. The zero-order chi connectivity index (χ0) is 26.4. The third-order valence-corrected chi connectivity index (χ3v) is 6.52. The molecular weight excluding hydrogens is 476 g/mol. The summed E-state index contributed by atoms with van der Waals surface area (Å²) in [6.45, 7) is 9.14. The number of benzene rings is 1. The number of nitrogens with zero attached hydrogens (tertiary/aromatic N) is 6. The molecule has 196 valence electrons. The monoisotopic (exact) mass is 508 g/mol. The van der Waals surface area contributed by atoms with Gasteiger partial charge in [0.1, 0.15) is 12.1 Å². The van der Waals surface area contributed by atoms with Crippen molar-refractivity contribution in [2.75, 3.05) is 54.0 Å². The first kappa shape index (κ1) is 25.9. The Kier molecular flexibility index (Phi) is 8.22. The lowest BCUT2D eigenvalue weighted by atomic mass is 10.1. The molecule has 1 aliphatic heterocycles. The Morgan fingerprint density at radius 1 is 1.14 bits per heavy atom. The van der Waals surface area contributed by atoms with E-state index in [4.69, 9.17) is 9.15 Å². The maximum atomic E-state index is 12.3. The SMILES string of the molecule is CCOC(=O)CCN(Cc1ccco1)c1ncnc(N2CCN(c3ccc(C)c(C)c3)CC2)c1[N+](=O)[O-]. The first-order chi connectivity index (χ1) is 17.9. The maximum Gasteiger partial charge on any atom is 0.353 e. The van der Waals surface area contributed by atoms with E-state index in [0.717, 1.165) is 5.69 Å². The molecule has 0 aliphatic carbocycles. The lowest BCUT2D eigenvalue weighted by Gasteiger charge is -2.37. The van der Waals surface area contributed by atoms with Gasteiger partial charge in [0.05, 0.1) is 30.8 Å². The number of carbonyl (C=O) groups is 1. The molecule has 37 heavy (non-hydrogen) atoms. The molecule has 11 heteroatoms.